The maximum atomic E-state index is 12.6. The largest absolute Gasteiger partial charge is 0.459 e. The summed E-state index contributed by atoms with van der Waals surface area (Å²) in [5.41, 5.74) is 0.109. The van der Waals surface area contributed by atoms with E-state index in [9.17, 15) is 23.2 Å². The molecule has 3 aromatic rings. The monoisotopic (exact) mass is 438 g/mol. The summed E-state index contributed by atoms with van der Waals surface area (Å²) in [5, 5.41) is 16.8. The van der Waals surface area contributed by atoms with Crippen molar-refractivity contribution in [2.75, 3.05) is 23.3 Å². The first-order valence-corrected chi connectivity index (χ1v) is 9.58. The van der Waals surface area contributed by atoms with Crippen molar-refractivity contribution in [1.82, 2.24) is 15.2 Å². The SMILES string of the molecule is N#Cc1nc(-c2ccco2)oc1N1CCC(C(=O)Nc2nnc(C(F)(F)F)s2)CC1. The van der Waals surface area contributed by atoms with Crippen LogP contribution < -0.4 is 10.2 Å². The smallest absolute Gasteiger partial charge is 0.445 e. The van der Waals surface area contributed by atoms with Crippen molar-refractivity contribution in [3.05, 3.63) is 29.1 Å². The number of rotatable bonds is 4. The minimum absolute atomic E-state index is 0.109. The van der Waals surface area contributed by atoms with Crippen molar-refractivity contribution in [3.63, 3.8) is 0 Å². The van der Waals surface area contributed by atoms with E-state index in [4.69, 9.17) is 8.83 Å². The van der Waals surface area contributed by atoms with Gasteiger partial charge in [0.25, 0.3) is 5.89 Å². The molecule has 1 amide bonds. The second-order valence-corrected chi connectivity index (χ2v) is 7.40. The van der Waals surface area contributed by atoms with Gasteiger partial charge in [0, 0.05) is 19.0 Å². The molecule has 0 aliphatic carbocycles. The Labute approximate surface area is 171 Å². The lowest BCUT2D eigenvalue weighted by Crippen LogP contribution is -2.38. The van der Waals surface area contributed by atoms with Crippen molar-refractivity contribution in [1.29, 1.82) is 5.26 Å². The highest BCUT2D eigenvalue weighted by Gasteiger charge is 2.36. The number of hydrogen-bond donors (Lipinski definition) is 1. The summed E-state index contributed by atoms with van der Waals surface area (Å²) in [6.07, 6.45) is -2.31. The number of alkyl halides is 3. The number of nitriles is 1. The molecular formula is C17H13F3N6O3S. The topological polar surface area (TPSA) is 121 Å². The Kier molecular flexibility index (Phi) is 5.17. The van der Waals surface area contributed by atoms with Gasteiger partial charge in [0.1, 0.15) is 6.07 Å². The molecule has 30 heavy (non-hydrogen) atoms. The maximum absolute atomic E-state index is 12.6. The molecule has 4 rings (SSSR count). The summed E-state index contributed by atoms with van der Waals surface area (Å²) in [4.78, 5) is 18.3. The van der Waals surface area contributed by atoms with E-state index in [0.29, 0.717) is 37.6 Å². The summed E-state index contributed by atoms with van der Waals surface area (Å²) in [7, 11) is 0. The third-order valence-corrected chi connectivity index (χ3v) is 5.38. The van der Waals surface area contributed by atoms with E-state index < -0.39 is 23.0 Å². The molecule has 9 nitrogen and oxygen atoms in total. The zero-order valence-corrected chi connectivity index (χ0v) is 16.0. The van der Waals surface area contributed by atoms with Crippen LogP contribution in [0.25, 0.3) is 11.7 Å². The number of nitrogens with one attached hydrogen (secondary N) is 1. The first-order valence-electron chi connectivity index (χ1n) is 8.76. The molecule has 0 spiro atoms. The molecule has 1 fully saturated rings. The Bertz CT molecular complexity index is 1080. The number of carbonyl (C=O) groups is 1. The normalized spacial score (nSPS) is 15.2. The van der Waals surface area contributed by atoms with E-state index in [1.54, 1.807) is 17.0 Å². The average molecular weight is 438 g/mol. The van der Waals surface area contributed by atoms with E-state index >= 15 is 0 Å². The molecule has 1 aliphatic heterocycles. The number of halogens is 3. The zero-order chi connectivity index (χ0) is 21.3. The fourth-order valence-corrected chi connectivity index (χ4v) is 3.66. The van der Waals surface area contributed by atoms with Gasteiger partial charge in [-0.3, -0.25) is 4.79 Å². The number of oxazole rings is 1. The van der Waals surface area contributed by atoms with Crippen LogP contribution in [0.15, 0.2) is 27.2 Å². The van der Waals surface area contributed by atoms with Gasteiger partial charge in [-0.25, -0.2) is 0 Å². The highest BCUT2D eigenvalue weighted by Crippen LogP contribution is 2.34. The number of piperidine rings is 1. The quantitative estimate of drug-likeness (QED) is 0.657. The zero-order valence-electron chi connectivity index (χ0n) is 15.1. The Morgan fingerprint density at radius 2 is 2.10 bits per heavy atom. The van der Waals surface area contributed by atoms with Crippen LogP contribution in [0.3, 0.4) is 0 Å². The predicted octanol–water partition coefficient (Wildman–Crippen LogP) is 3.53. The van der Waals surface area contributed by atoms with Crippen molar-refractivity contribution in [3.8, 4) is 17.7 Å². The number of amides is 1. The van der Waals surface area contributed by atoms with Gasteiger partial charge in [-0.1, -0.05) is 11.3 Å². The summed E-state index contributed by atoms with van der Waals surface area (Å²) >= 11 is 0.278. The molecule has 0 aromatic carbocycles. The number of hydrogen-bond acceptors (Lipinski definition) is 9. The minimum Gasteiger partial charge on any atom is -0.459 e. The molecule has 1 saturated heterocycles. The van der Waals surface area contributed by atoms with Crippen LogP contribution in [0, 0.1) is 17.2 Å². The van der Waals surface area contributed by atoms with Gasteiger partial charge < -0.3 is 19.1 Å². The summed E-state index contributed by atoms with van der Waals surface area (Å²) < 4.78 is 48.7. The molecule has 13 heteroatoms. The van der Waals surface area contributed by atoms with Crippen molar-refractivity contribution >= 4 is 28.3 Å². The van der Waals surface area contributed by atoms with Crippen LogP contribution in [0.1, 0.15) is 23.5 Å². The predicted molar refractivity (Wildman–Crippen MR) is 97.4 cm³/mol. The Morgan fingerprint density at radius 3 is 2.70 bits per heavy atom. The van der Waals surface area contributed by atoms with Crippen molar-refractivity contribution in [2.45, 2.75) is 19.0 Å². The summed E-state index contributed by atoms with van der Waals surface area (Å²) in [5.74, 6) is 0.0264. The molecule has 156 valence electrons. The van der Waals surface area contributed by atoms with E-state index in [1.165, 1.54) is 6.26 Å². The lowest BCUT2D eigenvalue weighted by molar-refractivity contribution is -0.138. The van der Waals surface area contributed by atoms with Crippen LogP contribution in [0.5, 0.6) is 0 Å². The van der Waals surface area contributed by atoms with Gasteiger partial charge in [-0.05, 0) is 25.0 Å². The van der Waals surface area contributed by atoms with Crippen molar-refractivity contribution in [2.24, 2.45) is 5.92 Å². The maximum Gasteiger partial charge on any atom is 0.445 e. The second kappa shape index (κ2) is 7.79. The molecule has 4 heterocycles. The van der Waals surface area contributed by atoms with Gasteiger partial charge in [-0.15, -0.1) is 10.2 Å². The number of nitrogens with zero attached hydrogens (tertiary/aromatic N) is 5. The molecule has 0 bridgehead atoms. The standard InChI is InChI=1S/C17H13F3N6O3S/c18-17(19,20)15-24-25-16(30-15)23-12(27)9-3-5-26(6-4-9)14-10(8-21)22-13(29-14)11-2-1-7-28-11/h1-2,7,9H,3-6H2,(H,23,25,27). The van der Waals surface area contributed by atoms with E-state index in [-0.39, 0.29) is 28.1 Å². The van der Waals surface area contributed by atoms with Gasteiger partial charge in [0.2, 0.25) is 27.6 Å². The molecule has 0 atom stereocenters. The molecule has 3 aromatic heterocycles. The van der Waals surface area contributed by atoms with Crippen LogP contribution in [0.2, 0.25) is 0 Å². The second-order valence-electron chi connectivity index (χ2n) is 6.42. The molecule has 1 aliphatic rings. The molecular weight excluding hydrogens is 425 g/mol. The Balaban J connectivity index is 1.39. The molecule has 0 saturated carbocycles. The fraction of sp³-hybridized carbons (Fsp3) is 0.353. The minimum atomic E-state index is -4.60. The highest BCUT2D eigenvalue weighted by atomic mass is 32.1. The molecule has 1 N–H and O–H groups in total. The van der Waals surface area contributed by atoms with Crippen LogP contribution in [-0.4, -0.2) is 34.2 Å². The lowest BCUT2D eigenvalue weighted by atomic mass is 9.96. The van der Waals surface area contributed by atoms with Crippen molar-refractivity contribution < 1.29 is 26.8 Å². The van der Waals surface area contributed by atoms with Gasteiger partial charge >= 0.3 is 6.18 Å². The third-order valence-electron chi connectivity index (χ3n) is 4.50. The summed E-state index contributed by atoms with van der Waals surface area (Å²) in [6.45, 7) is 0.812. The van der Waals surface area contributed by atoms with Crippen LogP contribution in [0.4, 0.5) is 24.2 Å². The number of aromatic nitrogens is 3. The number of furan rings is 1. The van der Waals surface area contributed by atoms with E-state index in [0.717, 1.165) is 0 Å². The van der Waals surface area contributed by atoms with Crippen LogP contribution >= 0.6 is 11.3 Å². The lowest BCUT2D eigenvalue weighted by Gasteiger charge is -2.30. The first kappa shape index (κ1) is 19.9. The van der Waals surface area contributed by atoms with Crippen LogP contribution in [-0.2, 0) is 11.0 Å². The Morgan fingerprint density at radius 1 is 1.33 bits per heavy atom. The van der Waals surface area contributed by atoms with Gasteiger partial charge in [0.05, 0.1) is 6.26 Å². The highest BCUT2D eigenvalue weighted by molar-refractivity contribution is 7.15. The average Bonchev–Trinajstić information content (AvgIpc) is 3.47. The summed E-state index contributed by atoms with van der Waals surface area (Å²) in [6, 6.07) is 5.31. The third kappa shape index (κ3) is 3.99. The van der Waals surface area contributed by atoms with E-state index in [1.807, 2.05) is 6.07 Å². The molecule has 0 unspecified atom stereocenters. The Hall–Kier alpha value is -3.40. The number of anilines is 2. The first-order chi connectivity index (χ1) is 14.3. The number of carbonyl (C=O) groups excluding carboxylic acids is 1. The fourth-order valence-electron chi connectivity index (χ4n) is 3.05. The molecule has 0 radical (unpaired) electrons. The van der Waals surface area contributed by atoms with Gasteiger partial charge in [-0.2, -0.15) is 23.4 Å². The van der Waals surface area contributed by atoms with Gasteiger partial charge in [0.15, 0.2) is 5.76 Å². The van der Waals surface area contributed by atoms with E-state index in [2.05, 4.69) is 20.5 Å².